The Morgan fingerprint density at radius 1 is 1.40 bits per heavy atom. The third kappa shape index (κ3) is 3.45. The minimum absolute atomic E-state index is 0.237. The van der Waals surface area contributed by atoms with E-state index in [1.54, 1.807) is 12.1 Å². The summed E-state index contributed by atoms with van der Waals surface area (Å²) in [4.78, 5) is 16.2. The predicted octanol–water partition coefficient (Wildman–Crippen LogP) is 3.56. The van der Waals surface area contributed by atoms with E-state index in [2.05, 4.69) is 15.6 Å². The monoisotopic (exact) mass is 293 g/mol. The number of benzene rings is 1. The zero-order valence-corrected chi connectivity index (χ0v) is 11.5. The number of pyridine rings is 1. The Hall–Kier alpha value is -2.14. The lowest BCUT2D eigenvalue weighted by atomic mass is 10.2. The number of aromatic nitrogens is 1. The summed E-state index contributed by atoms with van der Waals surface area (Å²) in [6.45, 7) is 2.60. The van der Waals surface area contributed by atoms with Crippen LogP contribution in [0.4, 0.5) is 15.9 Å². The van der Waals surface area contributed by atoms with Crippen LogP contribution >= 0.6 is 11.6 Å². The highest BCUT2D eigenvalue weighted by atomic mass is 35.5. The minimum Gasteiger partial charge on any atom is -0.370 e. The summed E-state index contributed by atoms with van der Waals surface area (Å²) in [5.41, 5.74) is 0.648. The Morgan fingerprint density at radius 2 is 2.20 bits per heavy atom. The molecule has 4 nitrogen and oxygen atoms in total. The van der Waals surface area contributed by atoms with E-state index in [9.17, 15) is 9.18 Å². The number of nitrogens with zero attached hydrogens (tertiary/aromatic N) is 1. The van der Waals surface area contributed by atoms with E-state index in [4.69, 9.17) is 11.6 Å². The van der Waals surface area contributed by atoms with E-state index >= 15 is 0 Å². The molecule has 1 aromatic heterocycles. The van der Waals surface area contributed by atoms with Crippen LogP contribution in [-0.2, 0) is 0 Å². The van der Waals surface area contributed by atoms with Crippen molar-refractivity contribution in [3.8, 4) is 0 Å². The lowest BCUT2D eigenvalue weighted by molar-refractivity contribution is 0.102. The van der Waals surface area contributed by atoms with Crippen LogP contribution in [0.15, 0.2) is 36.5 Å². The zero-order valence-electron chi connectivity index (χ0n) is 10.8. The average molecular weight is 294 g/mol. The molecule has 0 radical (unpaired) electrons. The van der Waals surface area contributed by atoms with Crippen molar-refractivity contribution < 1.29 is 9.18 Å². The van der Waals surface area contributed by atoms with Gasteiger partial charge in [0.15, 0.2) is 0 Å². The first-order chi connectivity index (χ1) is 9.60. The first-order valence-corrected chi connectivity index (χ1v) is 6.44. The molecule has 0 aliphatic heterocycles. The quantitative estimate of drug-likeness (QED) is 0.906. The van der Waals surface area contributed by atoms with Crippen LogP contribution < -0.4 is 10.6 Å². The van der Waals surface area contributed by atoms with E-state index in [1.807, 2.05) is 6.92 Å². The summed E-state index contributed by atoms with van der Waals surface area (Å²) in [6, 6.07) is 7.21. The van der Waals surface area contributed by atoms with Gasteiger partial charge in [0.25, 0.3) is 5.91 Å². The molecule has 1 amide bonds. The molecule has 0 unspecified atom stereocenters. The topological polar surface area (TPSA) is 54.0 Å². The molecule has 0 aliphatic carbocycles. The number of carbonyl (C=O) groups excluding carboxylic acids is 1. The van der Waals surface area contributed by atoms with Crippen LogP contribution in [0, 0.1) is 5.82 Å². The van der Waals surface area contributed by atoms with E-state index in [0.717, 1.165) is 0 Å². The van der Waals surface area contributed by atoms with Crippen LogP contribution in [0.2, 0.25) is 5.02 Å². The summed E-state index contributed by atoms with van der Waals surface area (Å²) < 4.78 is 13.1. The molecular weight excluding hydrogens is 281 g/mol. The van der Waals surface area contributed by atoms with Crippen molar-refractivity contribution in [2.75, 3.05) is 17.2 Å². The maximum atomic E-state index is 13.1. The van der Waals surface area contributed by atoms with Crippen molar-refractivity contribution in [2.45, 2.75) is 6.92 Å². The Bertz CT molecular complexity index is 634. The summed E-state index contributed by atoms with van der Waals surface area (Å²) in [5.74, 6) is -0.277. The van der Waals surface area contributed by atoms with Gasteiger partial charge in [-0.15, -0.1) is 0 Å². The van der Waals surface area contributed by atoms with Gasteiger partial charge in [-0.3, -0.25) is 4.79 Å². The summed E-state index contributed by atoms with van der Waals surface area (Å²) in [7, 11) is 0. The molecule has 0 saturated heterocycles. The summed E-state index contributed by atoms with van der Waals surface area (Å²) >= 11 is 5.96. The highest BCUT2D eigenvalue weighted by molar-refractivity contribution is 6.34. The van der Waals surface area contributed by atoms with E-state index in [0.29, 0.717) is 18.1 Å². The van der Waals surface area contributed by atoms with E-state index in [-0.39, 0.29) is 10.6 Å². The fourth-order valence-corrected chi connectivity index (χ4v) is 1.84. The van der Waals surface area contributed by atoms with Crippen LogP contribution in [0.1, 0.15) is 17.3 Å². The van der Waals surface area contributed by atoms with Crippen LogP contribution in [0.5, 0.6) is 0 Å². The standard InChI is InChI=1S/C14H13ClFN3O/c1-2-17-13-7-11(12(15)8-18-13)14(20)19-10-5-3-4-9(16)6-10/h3-8H,2H2,1H3,(H,17,18)(H,19,20). The van der Waals surface area contributed by atoms with Gasteiger partial charge in [0.2, 0.25) is 0 Å². The minimum atomic E-state index is -0.419. The predicted molar refractivity (Wildman–Crippen MR) is 77.8 cm³/mol. The van der Waals surface area contributed by atoms with Gasteiger partial charge < -0.3 is 10.6 Å². The average Bonchev–Trinajstić information content (AvgIpc) is 2.41. The highest BCUT2D eigenvalue weighted by Gasteiger charge is 2.12. The number of carbonyl (C=O) groups is 1. The van der Waals surface area contributed by atoms with Gasteiger partial charge in [0.05, 0.1) is 10.6 Å². The zero-order chi connectivity index (χ0) is 14.5. The Morgan fingerprint density at radius 3 is 2.90 bits per heavy atom. The SMILES string of the molecule is CCNc1cc(C(=O)Nc2cccc(F)c2)c(Cl)cn1. The Kier molecular flexibility index (Phi) is 4.53. The smallest absolute Gasteiger partial charge is 0.257 e. The van der Waals surface area contributed by atoms with E-state index < -0.39 is 11.7 Å². The molecule has 0 saturated carbocycles. The molecule has 2 N–H and O–H groups in total. The Balaban J connectivity index is 2.22. The maximum Gasteiger partial charge on any atom is 0.257 e. The second-order valence-electron chi connectivity index (χ2n) is 4.04. The van der Waals surface area contributed by atoms with E-state index in [1.165, 1.54) is 24.4 Å². The van der Waals surface area contributed by atoms with Gasteiger partial charge in [0.1, 0.15) is 11.6 Å². The van der Waals surface area contributed by atoms with Crippen molar-refractivity contribution in [1.29, 1.82) is 0 Å². The Labute approximate surface area is 121 Å². The molecular formula is C14H13ClFN3O. The van der Waals surface area contributed by atoms with Gasteiger partial charge >= 0.3 is 0 Å². The number of hydrogen-bond donors (Lipinski definition) is 2. The van der Waals surface area contributed by atoms with Crippen LogP contribution in [-0.4, -0.2) is 17.4 Å². The van der Waals surface area contributed by atoms with Crippen molar-refractivity contribution in [2.24, 2.45) is 0 Å². The van der Waals surface area contributed by atoms with Crippen molar-refractivity contribution in [3.05, 3.63) is 52.9 Å². The number of hydrogen-bond acceptors (Lipinski definition) is 3. The lowest BCUT2D eigenvalue weighted by Crippen LogP contribution is -2.13. The van der Waals surface area contributed by atoms with Crippen LogP contribution in [0.25, 0.3) is 0 Å². The van der Waals surface area contributed by atoms with Gasteiger partial charge in [-0.25, -0.2) is 9.37 Å². The number of rotatable bonds is 4. The fourth-order valence-electron chi connectivity index (χ4n) is 1.66. The maximum absolute atomic E-state index is 13.1. The van der Waals surface area contributed by atoms with Gasteiger partial charge in [-0.2, -0.15) is 0 Å². The highest BCUT2D eigenvalue weighted by Crippen LogP contribution is 2.20. The molecule has 0 aliphatic rings. The lowest BCUT2D eigenvalue weighted by Gasteiger charge is -2.09. The normalized spacial score (nSPS) is 10.2. The molecule has 20 heavy (non-hydrogen) atoms. The summed E-state index contributed by atoms with van der Waals surface area (Å²) in [6.07, 6.45) is 1.40. The summed E-state index contributed by atoms with van der Waals surface area (Å²) in [5, 5.41) is 5.82. The third-order valence-electron chi connectivity index (χ3n) is 2.54. The largest absolute Gasteiger partial charge is 0.370 e. The first kappa shape index (κ1) is 14.3. The van der Waals surface area contributed by atoms with Gasteiger partial charge in [0, 0.05) is 18.4 Å². The number of anilines is 2. The molecule has 6 heteroatoms. The second kappa shape index (κ2) is 6.34. The first-order valence-electron chi connectivity index (χ1n) is 6.06. The molecule has 0 bridgehead atoms. The molecule has 104 valence electrons. The second-order valence-corrected chi connectivity index (χ2v) is 4.45. The molecule has 2 rings (SSSR count). The number of halogens is 2. The fraction of sp³-hybridized carbons (Fsp3) is 0.143. The molecule has 1 aromatic carbocycles. The van der Waals surface area contributed by atoms with Gasteiger partial charge in [-0.05, 0) is 31.2 Å². The molecule has 2 aromatic rings. The van der Waals surface area contributed by atoms with Crippen molar-refractivity contribution in [1.82, 2.24) is 4.98 Å². The van der Waals surface area contributed by atoms with Crippen LogP contribution in [0.3, 0.4) is 0 Å². The van der Waals surface area contributed by atoms with Gasteiger partial charge in [-0.1, -0.05) is 17.7 Å². The molecule has 0 fully saturated rings. The third-order valence-corrected chi connectivity index (χ3v) is 2.84. The number of nitrogens with one attached hydrogen (secondary N) is 2. The molecule has 0 atom stereocenters. The number of amides is 1. The molecule has 1 heterocycles. The van der Waals surface area contributed by atoms with Crippen molar-refractivity contribution >= 4 is 29.0 Å². The van der Waals surface area contributed by atoms with Crippen molar-refractivity contribution in [3.63, 3.8) is 0 Å². The molecule has 0 spiro atoms.